The maximum absolute atomic E-state index is 12.7. The Kier molecular flexibility index (Phi) is 9.62. The Morgan fingerprint density at radius 2 is 2.00 bits per heavy atom. The van der Waals surface area contributed by atoms with Crippen LogP contribution >= 0.6 is 12.4 Å². The molecule has 6 nitrogen and oxygen atoms in total. The normalized spacial score (nSPS) is 17.5. The van der Waals surface area contributed by atoms with Gasteiger partial charge in [-0.3, -0.25) is 9.59 Å². The molecule has 1 aromatic rings. The van der Waals surface area contributed by atoms with Crippen LogP contribution in [0.3, 0.4) is 0 Å². The zero-order valence-electron chi connectivity index (χ0n) is 15.5. The molecule has 3 N–H and O–H groups in total. The number of rotatable bonds is 8. The molecule has 1 fully saturated rings. The average Bonchev–Trinajstić information content (AvgIpc) is 3.14. The summed E-state index contributed by atoms with van der Waals surface area (Å²) in [6, 6.07) is 9.55. The SMILES string of the molecule is CC(C)[C@H](N)C(=O)NCC(=O)N(CCc1ccccc1)C1CCOC1.Cl. The first-order valence-corrected chi connectivity index (χ1v) is 8.93. The zero-order valence-corrected chi connectivity index (χ0v) is 16.3. The zero-order chi connectivity index (χ0) is 18.2. The van der Waals surface area contributed by atoms with E-state index < -0.39 is 6.04 Å². The van der Waals surface area contributed by atoms with E-state index in [1.807, 2.05) is 36.9 Å². The number of ether oxygens (including phenoxy) is 1. The summed E-state index contributed by atoms with van der Waals surface area (Å²) in [5.74, 6) is -0.336. The standard InChI is InChI=1S/C19H29N3O3.ClH/c1-14(2)18(20)19(24)21-12-17(23)22(16-9-11-25-13-16)10-8-15-6-4-3-5-7-15;/h3-7,14,16,18H,8-13,20H2,1-2H3,(H,21,24);1H/t16?,18-;/m0./s1. The third-order valence-corrected chi connectivity index (χ3v) is 4.59. The fourth-order valence-corrected chi connectivity index (χ4v) is 2.86. The third-order valence-electron chi connectivity index (χ3n) is 4.59. The fourth-order valence-electron chi connectivity index (χ4n) is 2.86. The van der Waals surface area contributed by atoms with Gasteiger partial charge in [-0.15, -0.1) is 12.4 Å². The molecule has 2 amide bonds. The molecule has 26 heavy (non-hydrogen) atoms. The van der Waals surface area contributed by atoms with Crippen LogP contribution in [0.2, 0.25) is 0 Å². The largest absolute Gasteiger partial charge is 0.379 e. The van der Waals surface area contributed by atoms with E-state index in [2.05, 4.69) is 17.4 Å². The summed E-state index contributed by atoms with van der Waals surface area (Å²) in [7, 11) is 0. The van der Waals surface area contributed by atoms with Crippen molar-refractivity contribution in [2.24, 2.45) is 11.7 Å². The van der Waals surface area contributed by atoms with Crippen molar-refractivity contribution in [3.63, 3.8) is 0 Å². The van der Waals surface area contributed by atoms with Crippen molar-refractivity contribution in [3.05, 3.63) is 35.9 Å². The first kappa shape index (κ1) is 22.4. The van der Waals surface area contributed by atoms with E-state index >= 15 is 0 Å². The second kappa shape index (κ2) is 11.2. The molecule has 0 radical (unpaired) electrons. The minimum atomic E-state index is -0.597. The van der Waals surface area contributed by atoms with E-state index in [-0.39, 0.29) is 42.7 Å². The highest BCUT2D eigenvalue weighted by Crippen LogP contribution is 2.14. The summed E-state index contributed by atoms with van der Waals surface area (Å²) < 4.78 is 5.43. The lowest BCUT2D eigenvalue weighted by molar-refractivity contribution is -0.135. The van der Waals surface area contributed by atoms with E-state index in [0.717, 1.165) is 12.8 Å². The van der Waals surface area contributed by atoms with Gasteiger partial charge in [-0.05, 0) is 24.3 Å². The first-order chi connectivity index (χ1) is 12.0. The molecule has 2 atom stereocenters. The van der Waals surface area contributed by atoms with Crippen molar-refractivity contribution in [1.82, 2.24) is 10.2 Å². The summed E-state index contributed by atoms with van der Waals surface area (Å²) in [6.07, 6.45) is 1.61. The Morgan fingerprint density at radius 3 is 2.58 bits per heavy atom. The highest BCUT2D eigenvalue weighted by Gasteiger charge is 2.27. The molecular weight excluding hydrogens is 354 g/mol. The number of carbonyl (C=O) groups is 2. The number of hydrogen-bond donors (Lipinski definition) is 2. The van der Waals surface area contributed by atoms with Crippen LogP contribution in [0, 0.1) is 5.92 Å². The van der Waals surface area contributed by atoms with Gasteiger partial charge >= 0.3 is 0 Å². The Morgan fingerprint density at radius 1 is 1.31 bits per heavy atom. The monoisotopic (exact) mass is 383 g/mol. The van der Waals surface area contributed by atoms with Gasteiger partial charge in [-0.2, -0.15) is 0 Å². The Labute approximate surface area is 161 Å². The van der Waals surface area contributed by atoms with Crippen molar-refractivity contribution < 1.29 is 14.3 Å². The van der Waals surface area contributed by atoms with Crippen molar-refractivity contribution in [1.29, 1.82) is 0 Å². The highest BCUT2D eigenvalue weighted by atomic mass is 35.5. The average molecular weight is 384 g/mol. The van der Waals surface area contributed by atoms with Crippen LogP contribution in [0.25, 0.3) is 0 Å². The fraction of sp³-hybridized carbons (Fsp3) is 0.579. The number of hydrogen-bond acceptors (Lipinski definition) is 4. The predicted molar refractivity (Wildman–Crippen MR) is 104 cm³/mol. The van der Waals surface area contributed by atoms with Crippen LogP contribution in [0.1, 0.15) is 25.8 Å². The second-order valence-electron chi connectivity index (χ2n) is 6.83. The number of nitrogens with one attached hydrogen (secondary N) is 1. The summed E-state index contributed by atoms with van der Waals surface area (Å²) in [6.45, 7) is 5.58. The molecule has 1 heterocycles. The van der Waals surface area contributed by atoms with Gasteiger partial charge in [0, 0.05) is 13.2 Å². The van der Waals surface area contributed by atoms with E-state index in [9.17, 15) is 9.59 Å². The van der Waals surface area contributed by atoms with Gasteiger partial charge in [-0.1, -0.05) is 44.2 Å². The van der Waals surface area contributed by atoms with Gasteiger partial charge in [0.15, 0.2) is 0 Å². The smallest absolute Gasteiger partial charge is 0.242 e. The molecule has 0 aromatic heterocycles. The lowest BCUT2D eigenvalue weighted by Crippen LogP contribution is -2.50. The Bertz CT molecular complexity index is 562. The van der Waals surface area contributed by atoms with Crippen molar-refractivity contribution in [2.75, 3.05) is 26.3 Å². The van der Waals surface area contributed by atoms with E-state index in [1.165, 1.54) is 5.56 Å². The molecule has 0 bridgehead atoms. The molecule has 146 valence electrons. The molecular formula is C19H30ClN3O3. The maximum atomic E-state index is 12.7. The van der Waals surface area contributed by atoms with E-state index in [1.54, 1.807) is 0 Å². The first-order valence-electron chi connectivity index (χ1n) is 8.93. The topological polar surface area (TPSA) is 84.7 Å². The highest BCUT2D eigenvalue weighted by molar-refractivity contribution is 5.87. The molecule has 0 saturated carbocycles. The van der Waals surface area contributed by atoms with Gasteiger partial charge < -0.3 is 20.7 Å². The predicted octanol–water partition coefficient (Wildman–Crippen LogP) is 1.37. The number of halogens is 1. The molecule has 2 rings (SSSR count). The van der Waals surface area contributed by atoms with Crippen LogP contribution in [0.5, 0.6) is 0 Å². The van der Waals surface area contributed by atoms with Crippen molar-refractivity contribution in [2.45, 2.75) is 38.8 Å². The van der Waals surface area contributed by atoms with Gasteiger partial charge in [0.2, 0.25) is 11.8 Å². The van der Waals surface area contributed by atoms with Crippen molar-refractivity contribution >= 4 is 24.2 Å². The summed E-state index contributed by atoms with van der Waals surface area (Å²) >= 11 is 0. The quantitative estimate of drug-likeness (QED) is 0.710. The van der Waals surface area contributed by atoms with Crippen LogP contribution in [-0.2, 0) is 20.7 Å². The van der Waals surface area contributed by atoms with Gasteiger partial charge in [0.05, 0.1) is 25.2 Å². The molecule has 1 aromatic carbocycles. The van der Waals surface area contributed by atoms with Crippen LogP contribution < -0.4 is 11.1 Å². The number of nitrogens with two attached hydrogens (primary N) is 1. The van der Waals surface area contributed by atoms with Crippen LogP contribution in [0.15, 0.2) is 30.3 Å². The molecule has 7 heteroatoms. The number of benzene rings is 1. The molecule has 1 aliphatic rings. The summed E-state index contributed by atoms with van der Waals surface area (Å²) in [5, 5.41) is 2.67. The molecule has 1 unspecified atom stereocenters. The number of nitrogens with zero attached hydrogens (tertiary/aromatic N) is 1. The minimum absolute atomic E-state index is 0. The summed E-state index contributed by atoms with van der Waals surface area (Å²) in [5.41, 5.74) is 7.01. The molecule has 0 aliphatic carbocycles. The Balaban J connectivity index is 0.00000338. The van der Waals surface area contributed by atoms with E-state index in [0.29, 0.717) is 19.8 Å². The van der Waals surface area contributed by atoms with Gasteiger partial charge in [0.1, 0.15) is 0 Å². The van der Waals surface area contributed by atoms with Gasteiger partial charge in [0.25, 0.3) is 0 Å². The molecule has 1 saturated heterocycles. The molecule has 0 spiro atoms. The van der Waals surface area contributed by atoms with E-state index in [4.69, 9.17) is 10.5 Å². The van der Waals surface area contributed by atoms with Crippen molar-refractivity contribution in [3.8, 4) is 0 Å². The second-order valence-corrected chi connectivity index (χ2v) is 6.83. The summed E-state index contributed by atoms with van der Waals surface area (Å²) in [4.78, 5) is 26.5. The van der Waals surface area contributed by atoms with Crippen LogP contribution in [0.4, 0.5) is 0 Å². The van der Waals surface area contributed by atoms with Gasteiger partial charge in [-0.25, -0.2) is 0 Å². The maximum Gasteiger partial charge on any atom is 0.242 e. The lowest BCUT2D eigenvalue weighted by Gasteiger charge is -2.28. The van der Waals surface area contributed by atoms with Crippen LogP contribution in [-0.4, -0.2) is 55.1 Å². The molecule has 1 aliphatic heterocycles. The third kappa shape index (κ3) is 6.59. The number of amides is 2. The lowest BCUT2D eigenvalue weighted by atomic mass is 10.1. The Hall–Kier alpha value is -1.63. The minimum Gasteiger partial charge on any atom is -0.379 e. The number of carbonyl (C=O) groups excluding carboxylic acids is 2.